The molecule has 1 aliphatic heterocycles. The summed E-state index contributed by atoms with van der Waals surface area (Å²) in [5.41, 5.74) is 0. The minimum Gasteiger partial charge on any atom is -0.396 e. The van der Waals surface area contributed by atoms with E-state index >= 15 is 0 Å². The van der Waals surface area contributed by atoms with Crippen molar-refractivity contribution in [2.75, 3.05) is 33.2 Å². The zero-order valence-corrected chi connectivity index (χ0v) is 6.40. The lowest BCUT2D eigenvalue weighted by molar-refractivity contribution is -0.0394. The molecule has 1 heterocycles. The fourth-order valence-corrected chi connectivity index (χ4v) is 1.13. The van der Waals surface area contributed by atoms with Crippen LogP contribution in [0.3, 0.4) is 0 Å². The van der Waals surface area contributed by atoms with Crippen LogP contribution in [0.1, 0.15) is 0 Å². The van der Waals surface area contributed by atoms with E-state index in [1.165, 1.54) is 0 Å². The van der Waals surface area contributed by atoms with Crippen LogP contribution in [-0.2, 0) is 9.47 Å². The Morgan fingerprint density at radius 2 is 1.45 bits per heavy atom. The Kier molecular flexibility index (Phi) is 3.79. The molecule has 1 saturated heterocycles. The van der Waals surface area contributed by atoms with Crippen LogP contribution in [0.15, 0.2) is 0 Å². The van der Waals surface area contributed by atoms with E-state index < -0.39 is 0 Å². The van der Waals surface area contributed by atoms with Gasteiger partial charge >= 0.3 is 0 Å². The Balaban J connectivity index is 2.41. The molecule has 0 aromatic carbocycles. The first-order chi connectivity index (χ1) is 5.38. The molecule has 1 aliphatic rings. The lowest BCUT2D eigenvalue weighted by atomic mass is 9.95. The summed E-state index contributed by atoms with van der Waals surface area (Å²) in [4.78, 5) is 0. The van der Waals surface area contributed by atoms with E-state index in [1.807, 2.05) is 0 Å². The second kappa shape index (κ2) is 4.66. The minimum atomic E-state index is 0.0162. The third kappa shape index (κ3) is 2.41. The predicted molar refractivity (Wildman–Crippen MR) is 37.9 cm³/mol. The van der Waals surface area contributed by atoms with Crippen molar-refractivity contribution in [1.82, 2.24) is 0 Å². The van der Waals surface area contributed by atoms with Crippen LogP contribution in [0.2, 0.25) is 0 Å². The standard InChI is InChI=1S/C7H14O4/c8-1-6-3-10-5-11-4-7(6)2-9/h6-9H,1-5H2. The molecule has 2 unspecified atom stereocenters. The SMILES string of the molecule is OCC1COCOCC1CO. The van der Waals surface area contributed by atoms with Gasteiger partial charge in [-0.1, -0.05) is 0 Å². The van der Waals surface area contributed by atoms with Crippen molar-refractivity contribution in [2.24, 2.45) is 11.8 Å². The van der Waals surface area contributed by atoms with E-state index in [9.17, 15) is 0 Å². The number of rotatable bonds is 2. The second-order valence-electron chi connectivity index (χ2n) is 2.74. The van der Waals surface area contributed by atoms with Gasteiger partial charge in [-0.15, -0.1) is 0 Å². The molecular weight excluding hydrogens is 148 g/mol. The number of aliphatic hydroxyl groups is 2. The lowest BCUT2D eigenvalue weighted by Gasteiger charge is -2.18. The molecule has 0 aliphatic carbocycles. The van der Waals surface area contributed by atoms with Gasteiger partial charge in [0.25, 0.3) is 0 Å². The summed E-state index contributed by atoms with van der Waals surface area (Å²) in [6.07, 6.45) is 0. The van der Waals surface area contributed by atoms with Gasteiger partial charge in [-0.05, 0) is 0 Å². The molecular formula is C7H14O4. The quantitative estimate of drug-likeness (QED) is 0.558. The average molecular weight is 162 g/mol. The van der Waals surface area contributed by atoms with Gasteiger partial charge in [-0.2, -0.15) is 0 Å². The average Bonchev–Trinajstić information content (AvgIpc) is 2.27. The molecule has 4 heteroatoms. The molecule has 0 bridgehead atoms. The molecule has 2 atom stereocenters. The Morgan fingerprint density at radius 3 is 1.82 bits per heavy atom. The van der Waals surface area contributed by atoms with Crippen LogP contribution < -0.4 is 0 Å². The molecule has 4 nitrogen and oxygen atoms in total. The van der Waals surface area contributed by atoms with E-state index in [1.54, 1.807) is 0 Å². The van der Waals surface area contributed by atoms with Crippen LogP contribution in [0.4, 0.5) is 0 Å². The van der Waals surface area contributed by atoms with Crippen LogP contribution >= 0.6 is 0 Å². The maximum absolute atomic E-state index is 8.87. The van der Waals surface area contributed by atoms with Crippen molar-refractivity contribution in [3.63, 3.8) is 0 Å². The normalized spacial score (nSPS) is 33.3. The largest absolute Gasteiger partial charge is 0.396 e. The highest BCUT2D eigenvalue weighted by molar-refractivity contribution is 4.69. The zero-order valence-electron chi connectivity index (χ0n) is 6.40. The van der Waals surface area contributed by atoms with Crippen LogP contribution in [0.5, 0.6) is 0 Å². The highest BCUT2D eigenvalue weighted by Crippen LogP contribution is 2.15. The first-order valence-corrected chi connectivity index (χ1v) is 3.75. The number of aliphatic hydroxyl groups excluding tert-OH is 2. The molecule has 0 saturated carbocycles. The highest BCUT2D eigenvalue weighted by atomic mass is 16.7. The van der Waals surface area contributed by atoms with Crippen LogP contribution in [0, 0.1) is 11.8 Å². The van der Waals surface area contributed by atoms with Gasteiger partial charge in [0.2, 0.25) is 0 Å². The summed E-state index contributed by atoms with van der Waals surface area (Å²) >= 11 is 0. The van der Waals surface area contributed by atoms with Gasteiger partial charge < -0.3 is 19.7 Å². The van der Waals surface area contributed by atoms with Crippen molar-refractivity contribution in [3.05, 3.63) is 0 Å². The summed E-state index contributed by atoms with van der Waals surface area (Å²) < 4.78 is 10.1. The predicted octanol–water partition coefficient (Wildman–Crippen LogP) is -0.792. The van der Waals surface area contributed by atoms with Crippen LogP contribution in [0.25, 0.3) is 0 Å². The van der Waals surface area contributed by atoms with Gasteiger partial charge in [0.15, 0.2) is 0 Å². The Bertz CT molecular complexity index is 94.6. The first kappa shape index (κ1) is 8.93. The van der Waals surface area contributed by atoms with Gasteiger partial charge in [0.1, 0.15) is 6.79 Å². The van der Waals surface area contributed by atoms with E-state index in [2.05, 4.69) is 0 Å². The third-order valence-electron chi connectivity index (χ3n) is 1.97. The molecule has 2 N–H and O–H groups in total. The fourth-order valence-electron chi connectivity index (χ4n) is 1.13. The lowest BCUT2D eigenvalue weighted by Crippen LogP contribution is -2.26. The third-order valence-corrected chi connectivity index (χ3v) is 1.97. The summed E-state index contributed by atoms with van der Waals surface area (Å²) in [5.74, 6) is 0.0324. The molecule has 0 spiro atoms. The molecule has 0 aromatic rings. The van der Waals surface area contributed by atoms with Crippen molar-refractivity contribution < 1.29 is 19.7 Å². The summed E-state index contributed by atoms with van der Waals surface area (Å²) in [5, 5.41) is 17.7. The van der Waals surface area contributed by atoms with Crippen molar-refractivity contribution >= 4 is 0 Å². The molecule has 1 rings (SSSR count). The molecule has 0 aromatic heterocycles. The van der Waals surface area contributed by atoms with Crippen molar-refractivity contribution in [2.45, 2.75) is 0 Å². The molecule has 11 heavy (non-hydrogen) atoms. The van der Waals surface area contributed by atoms with E-state index in [0.717, 1.165) is 0 Å². The van der Waals surface area contributed by atoms with Gasteiger partial charge in [-0.3, -0.25) is 0 Å². The maximum atomic E-state index is 8.87. The first-order valence-electron chi connectivity index (χ1n) is 3.75. The van der Waals surface area contributed by atoms with Crippen LogP contribution in [-0.4, -0.2) is 43.4 Å². The smallest absolute Gasteiger partial charge is 0.146 e. The fraction of sp³-hybridized carbons (Fsp3) is 1.00. The summed E-state index contributed by atoms with van der Waals surface area (Å²) in [7, 11) is 0. The molecule has 0 radical (unpaired) electrons. The zero-order chi connectivity index (χ0) is 8.10. The minimum absolute atomic E-state index is 0.0162. The summed E-state index contributed by atoms with van der Waals surface area (Å²) in [6.45, 7) is 1.32. The monoisotopic (exact) mass is 162 g/mol. The second-order valence-corrected chi connectivity index (χ2v) is 2.74. The number of hydrogen-bond donors (Lipinski definition) is 2. The topological polar surface area (TPSA) is 58.9 Å². The molecule has 0 amide bonds. The Hall–Kier alpha value is -0.160. The van der Waals surface area contributed by atoms with Crippen molar-refractivity contribution in [3.8, 4) is 0 Å². The van der Waals surface area contributed by atoms with E-state index in [4.69, 9.17) is 19.7 Å². The Labute approximate surface area is 65.7 Å². The Morgan fingerprint density at radius 1 is 1.00 bits per heavy atom. The molecule has 1 fully saturated rings. The van der Waals surface area contributed by atoms with Gasteiger partial charge in [-0.25, -0.2) is 0 Å². The highest BCUT2D eigenvalue weighted by Gasteiger charge is 2.23. The number of ether oxygens (including phenoxy) is 2. The van der Waals surface area contributed by atoms with Gasteiger partial charge in [0.05, 0.1) is 13.2 Å². The maximum Gasteiger partial charge on any atom is 0.146 e. The number of hydrogen-bond acceptors (Lipinski definition) is 4. The summed E-state index contributed by atoms with van der Waals surface area (Å²) in [6, 6.07) is 0. The van der Waals surface area contributed by atoms with Gasteiger partial charge in [0, 0.05) is 25.0 Å². The molecule has 66 valence electrons. The van der Waals surface area contributed by atoms with E-state index in [-0.39, 0.29) is 31.8 Å². The van der Waals surface area contributed by atoms with E-state index in [0.29, 0.717) is 13.2 Å². The van der Waals surface area contributed by atoms with Crippen molar-refractivity contribution in [1.29, 1.82) is 0 Å².